The Hall–Kier alpha value is -1.95. The first-order chi connectivity index (χ1) is 10.2. The topological polar surface area (TPSA) is 79.5 Å². The van der Waals surface area contributed by atoms with Crippen molar-refractivity contribution in [3.63, 3.8) is 0 Å². The molecule has 2 aliphatic rings. The van der Waals surface area contributed by atoms with Crippen molar-refractivity contribution in [1.82, 2.24) is 19.9 Å². The summed E-state index contributed by atoms with van der Waals surface area (Å²) in [6.07, 6.45) is 7.48. The largest absolute Gasteiger partial charge is 0.480 e. The molecular weight excluding hydrogens is 268 g/mol. The van der Waals surface area contributed by atoms with Crippen molar-refractivity contribution in [3.8, 4) is 0 Å². The molecule has 6 nitrogen and oxygen atoms in total. The molecule has 2 heterocycles. The van der Waals surface area contributed by atoms with Crippen LogP contribution in [0.25, 0.3) is 5.65 Å². The molecule has 2 aliphatic carbocycles. The number of aliphatic carboxylic acids is 1. The van der Waals surface area contributed by atoms with Crippen LogP contribution in [0.15, 0.2) is 24.7 Å². The van der Waals surface area contributed by atoms with E-state index in [0.29, 0.717) is 18.4 Å². The molecule has 110 valence electrons. The number of carboxylic acids is 1. The Labute approximate surface area is 122 Å². The summed E-state index contributed by atoms with van der Waals surface area (Å²) in [4.78, 5) is 16.0. The van der Waals surface area contributed by atoms with Crippen LogP contribution >= 0.6 is 0 Å². The summed E-state index contributed by atoms with van der Waals surface area (Å²) in [5.41, 5.74) is 1.11. The van der Waals surface area contributed by atoms with E-state index in [9.17, 15) is 9.90 Å². The summed E-state index contributed by atoms with van der Waals surface area (Å²) in [5, 5.41) is 17.2. The number of hydrogen-bond acceptors (Lipinski definition) is 4. The van der Waals surface area contributed by atoms with Gasteiger partial charge in [0.2, 0.25) is 0 Å². The van der Waals surface area contributed by atoms with Crippen molar-refractivity contribution in [3.05, 3.63) is 30.2 Å². The summed E-state index contributed by atoms with van der Waals surface area (Å²) in [6.45, 7) is 0.558. The number of nitrogens with zero attached hydrogens (tertiary/aromatic N) is 3. The summed E-state index contributed by atoms with van der Waals surface area (Å²) >= 11 is 0. The normalized spacial score (nSPS) is 19.0. The molecule has 0 amide bonds. The second kappa shape index (κ2) is 4.53. The molecule has 0 bridgehead atoms. The van der Waals surface area contributed by atoms with Crippen LogP contribution in [0.2, 0.25) is 0 Å². The van der Waals surface area contributed by atoms with Gasteiger partial charge in [0.15, 0.2) is 5.65 Å². The van der Waals surface area contributed by atoms with Gasteiger partial charge in [0, 0.05) is 12.7 Å². The van der Waals surface area contributed by atoms with Gasteiger partial charge >= 0.3 is 5.97 Å². The average Bonchev–Trinajstić information content (AvgIpc) is 3.38. The number of pyridine rings is 1. The van der Waals surface area contributed by atoms with Crippen molar-refractivity contribution < 1.29 is 9.90 Å². The summed E-state index contributed by atoms with van der Waals surface area (Å²) < 4.78 is 1.70. The van der Waals surface area contributed by atoms with Crippen LogP contribution in [0.5, 0.6) is 0 Å². The van der Waals surface area contributed by atoms with Crippen LogP contribution in [-0.4, -0.2) is 31.2 Å². The molecule has 21 heavy (non-hydrogen) atoms. The SMILES string of the molecule is O=C(O)C(NCc1ccn2ncnc2c1)(C1CC1)C1CC1. The first-order valence-corrected chi connectivity index (χ1v) is 7.47. The number of fused-ring (bicyclic) bond motifs is 1. The van der Waals surface area contributed by atoms with Gasteiger partial charge in [0.25, 0.3) is 0 Å². The molecule has 2 aromatic heterocycles. The highest BCUT2D eigenvalue weighted by atomic mass is 16.4. The molecule has 0 atom stereocenters. The maximum atomic E-state index is 11.9. The van der Waals surface area contributed by atoms with Gasteiger partial charge in [-0.25, -0.2) is 9.50 Å². The van der Waals surface area contributed by atoms with E-state index in [4.69, 9.17) is 0 Å². The molecule has 2 saturated carbocycles. The average molecular weight is 286 g/mol. The third-order valence-electron chi connectivity index (χ3n) is 4.73. The molecule has 4 rings (SSSR count). The lowest BCUT2D eigenvalue weighted by Crippen LogP contribution is -2.55. The zero-order valence-electron chi connectivity index (χ0n) is 11.7. The third kappa shape index (κ3) is 2.10. The lowest BCUT2D eigenvalue weighted by Gasteiger charge is -2.31. The van der Waals surface area contributed by atoms with E-state index in [-0.39, 0.29) is 0 Å². The van der Waals surface area contributed by atoms with Crippen LogP contribution < -0.4 is 5.32 Å². The lowest BCUT2D eigenvalue weighted by atomic mass is 9.87. The minimum absolute atomic E-state index is 0.291. The fraction of sp³-hybridized carbons (Fsp3) is 0.533. The molecule has 6 heteroatoms. The molecule has 0 saturated heterocycles. The van der Waals surface area contributed by atoms with E-state index in [1.165, 1.54) is 6.33 Å². The van der Waals surface area contributed by atoms with Crippen LogP contribution in [0.4, 0.5) is 0 Å². The molecular formula is C15H18N4O2. The molecule has 2 aromatic rings. The van der Waals surface area contributed by atoms with E-state index in [1.54, 1.807) is 4.52 Å². The zero-order valence-corrected chi connectivity index (χ0v) is 11.7. The summed E-state index contributed by atoms with van der Waals surface area (Å²) in [6, 6.07) is 3.91. The number of hydrogen-bond donors (Lipinski definition) is 2. The van der Waals surface area contributed by atoms with E-state index in [1.807, 2.05) is 18.3 Å². The first kappa shape index (κ1) is 12.8. The molecule has 2 fully saturated rings. The minimum Gasteiger partial charge on any atom is -0.480 e. The van der Waals surface area contributed by atoms with Crippen LogP contribution in [0.1, 0.15) is 31.2 Å². The molecule has 2 N–H and O–H groups in total. The van der Waals surface area contributed by atoms with Gasteiger partial charge < -0.3 is 5.11 Å². The smallest absolute Gasteiger partial charge is 0.324 e. The highest BCUT2D eigenvalue weighted by Crippen LogP contribution is 2.52. The Morgan fingerprint density at radius 1 is 1.38 bits per heavy atom. The van der Waals surface area contributed by atoms with Crippen molar-refractivity contribution in [2.75, 3.05) is 0 Å². The van der Waals surface area contributed by atoms with Gasteiger partial charge in [0.05, 0.1) is 0 Å². The van der Waals surface area contributed by atoms with Crippen LogP contribution in [0.3, 0.4) is 0 Å². The van der Waals surface area contributed by atoms with E-state index >= 15 is 0 Å². The van der Waals surface area contributed by atoms with E-state index in [0.717, 1.165) is 36.9 Å². The monoisotopic (exact) mass is 286 g/mol. The number of carboxylic acid groups (broad SMARTS) is 1. The summed E-state index contributed by atoms with van der Waals surface area (Å²) in [7, 11) is 0. The van der Waals surface area contributed by atoms with Crippen molar-refractivity contribution in [1.29, 1.82) is 0 Å². The number of aromatic nitrogens is 3. The fourth-order valence-electron chi connectivity index (χ4n) is 3.34. The Morgan fingerprint density at radius 2 is 2.10 bits per heavy atom. The van der Waals surface area contributed by atoms with Crippen molar-refractivity contribution in [2.45, 2.75) is 37.8 Å². The molecule has 0 spiro atoms. The second-order valence-electron chi connectivity index (χ2n) is 6.17. The Morgan fingerprint density at radius 3 is 2.71 bits per heavy atom. The predicted molar refractivity (Wildman–Crippen MR) is 75.6 cm³/mol. The highest BCUT2D eigenvalue weighted by Gasteiger charge is 2.59. The Kier molecular flexibility index (Phi) is 2.75. The van der Waals surface area contributed by atoms with Crippen LogP contribution in [-0.2, 0) is 11.3 Å². The van der Waals surface area contributed by atoms with Gasteiger partial charge in [-0.15, -0.1) is 0 Å². The zero-order chi connectivity index (χ0) is 14.4. The van der Waals surface area contributed by atoms with Gasteiger partial charge in [0.1, 0.15) is 11.9 Å². The number of nitrogens with one attached hydrogen (secondary N) is 1. The van der Waals surface area contributed by atoms with E-state index in [2.05, 4.69) is 15.4 Å². The quantitative estimate of drug-likeness (QED) is 0.840. The molecule has 0 aromatic carbocycles. The van der Waals surface area contributed by atoms with Crippen molar-refractivity contribution >= 4 is 11.6 Å². The molecule has 0 radical (unpaired) electrons. The fourth-order valence-corrected chi connectivity index (χ4v) is 3.34. The Balaban J connectivity index is 1.57. The second-order valence-corrected chi connectivity index (χ2v) is 6.17. The molecule has 0 unspecified atom stereocenters. The number of carbonyl (C=O) groups is 1. The summed E-state index contributed by atoms with van der Waals surface area (Å²) in [5.74, 6) is -0.102. The van der Waals surface area contributed by atoms with Crippen LogP contribution in [0, 0.1) is 11.8 Å². The van der Waals surface area contributed by atoms with Gasteiger partial charge in [-0.1, -0.05) is 0 Å². The van der Waals surface area contributed by atoms with Gasteiger partial charge in [-0.2, -0.15) is 5.10 Å². The van der Waals surface area contributed by atoms with Crippen molar-refractivity contribution in [2.24, 2.45) is 11.8 Å². The van der Waals surface area contributed by atoms with E-state index < -0.39 is 11.5 Å². The standard InChI is InChI=1S/C15H18N4O2/c20-14(21)15(11-1-2-11,12-3-4-12)17-8-10-5-6-19-13(7-10)16-9-18-19/h5-7,9,11-12,17H,1-4,8H2,(H,20,21). The van der Waals surface area contributed by atoms with Gasteiger partial charge in [-0.3, -0.25) is 10.1 Å². The first-order valence-electron chi connectivity index (χ1n) is 7.47. The minimum atomic E-state index is -0.722. The maximum Gasteiger partial charge on any atom is 0.324 e. The lowest BCUT2D eigenvalue weighted by molar-refractivity contribution is -0.147. The maximum absolute atomic E-state index is 11.9. The molecule has 0 aliphatic heterocycles. The van der Waals surface area contributed by atoms with Gasteiger partial charge in [-0.05, 0) is 55.2 Å². The highest BCUT2D eigenvalue weighted by molar-refractivity contribution is 5.81. The Bertz CT molecular complexity index is 676. The third-order valence-corrected chi connectivity index (χ3v) is 4.73. The number of rotatable bonds is 6. The predicted octanol–water partition coefficient (Wildman–Crippen LogP) is 1.46.